The molecule has 1 N–H and O–H groups in total. The standard InChI is InChI=1S/C9H19NO2S/c1-10-9-5-3-4-8(6-9)7-13(2,11)12/h8-10H,3-7H2,1-2H3/t8-,9-/m1/s1. The summed E-state index contributed by atoms with van der Waals surface area (Å²) in [6.45, 7) is 0. The molecule has 0 aliphatic heterocycles. The number of nitrogens with one attached hydrogen (secondary N) is 1. The molecule has 0 unspecified atom stereocenters. The SMILES string of the molecule is CN[C@@H]1CCC[C@@H](CS(C)(=O)=O)C1. The van der Waals surface area contributed by atoms with Crippen molar-refractivity contribution >= 4 is 9.84 Å². The molecule has 1 aliphatic rings. The Morgan fingerprint density at radius 3 is 2.62 bits per heavy atom. The van der Waals surface area contributed by atoms with Crippen molar-refractivity contribution in [3.63, 3.8) is 0 Å². The van der Waals surface area contributed by atoms with E-state index in [0.29, 0.717) is 17.7 Å². The molecule has 0 amide bonds. The van der Waals surface area contributed by atoms with Crippen molar-refractivity contribution < 1.29 is 8.42 Å². The van der Waals surface area contributed by atoms with Gasteiger partial charge in [0.05, 0.1) is 5.75 Å². The zero-order chi connectivity index (χ0) is 9.90. The normalized spacial score (nSPS) is 30.3. The average Bonchev–Trinajstić information content (AvgIpc) is 2.01. The van der Waals surface area contributed by atoms with Gasteiger partial charge in [0, 0.05) is 12.3 Å². The lowest BCUT2D eigenvalue weighted by molar-refractivity contribution is 0.315. The monoisotopic (exact) mass is 205 g/mol. The van der Waals surface area contributed by atoms with Crippen molar-refractivity contribution in [3.8, 4) is 0 Å². The summed E-state index contributed by atoms with van der Waals surface area (Å²) < 4.78 is 22.1. The summed E-state index contributed by atoms with van der Waals surface area (Å²) in [4.78, 5) is 0. The molecule has 0 radical (unpaired) electrons. The van der Waals surface area contributed by atoms with Gasteiger partial charge in [0.2, 0.25) is 0 Å². The molecule has 3 nitrogen and oxygen atoms in total. The van der Waals surface area contributed by atoms with E-state index in [4.69, 9.17) is 0 Å². The zero-order valence-electron chi connectivity index (χ0n) is 8.41. The fraction of sp³-hybridized carbons (Fsp3) is 1.00. The van der Waals surface area contributed by atoms with Crippen LogP contribution in [-0.2, 0) is 9.84 Å². The van der Waals surface area contributed by atoms with Crippen LogP contribution >= 0.6 is 0 Å². The van der Waals surface area contributed by atoms with Crippen LogP contribution in [0.3, 0.4) is 0 Å². The van der Waals surface area contributed by atoms with Gasteiger partial charge < -0.3 is 5.32 Å². The summed E-state index contributed by atoms with van der Waals surface area (Å²) in [6, 6.07) is 0.528. The van der Waals surface area contributed by atoms with Gasteiger partial charge >= 0.3 is 0 Å². The first kappa shape index (κ1) is 11.0. The summed E-state index contributed by atoms with van der Waals surface area (Å²) in [5, 5.41) is 3.22. The van der Waals surface area contributed by atoms with Gasteiger partial charge in [-0.3, -0.25) is 0 Å². The first-order chi connectivity index (χ1) is 6.01. The molecule has 0 saturated heterocycles. The topological polar surface area (TPSA) is 46.2 Å². The lowest BCUT2D eigenvalue weighted by Crippen LogP contribution is -2.33. The molecule has 1 saturated carbocycles. The Bertz CT molecular complexity index is 248. The van der Waals surface area contributed by atoms with Crippen LogP contribution in [0.1, 0.15) is 25.7 Å². The molecule has 13 heavy (non-hydrogen) atoms. The Labute approximate surface area is 80.8 Å². The van der Waals surface area contributed by atoms with Gasteiger partial charge in [-0.1, -0.05) is 6.42 Å². The van der Waals surface area contributed by atoms with Crippen LogP contribution in [0.5, 0.6) is 0 Å². The highest BCUT2D eigenvalue weighted by molar-refractivity contribution is 7.90. The van der Waals surface area contributed by atoms with Crippen LogP contribution < -0.4 is 5.32 Å². The van der Waals surface area contributed by atoms with Crippen molar-refractivity contribution in [1.82, 2.24) is 5.32 Å². The van der Waals surface area contributed by atoms with Gasteiger partial charge in [0.15, 0.2) is 0 Å². The van der Waals surface area contributed by atoms with E-state index >= 15 is 0 Å². The van der Waals surface area contributed by atoms with E-state index in [2.05, 4.69) is 5.32 Å². The zero-order valence-corrected chi connectivity index (χ0v) is 9.23. The Balaban J connectivity index is 2.43. The quantitative estimate of drug-likeness (QED) is 0.741. The molecule has 2 atom stereocenters. The van der Waals surface area contributed by atoms with Crippen LogP contribution in [0.25, 0.3) is 0 Å². The molecule has 1 aliphatic carbocycles. The minimum atomic E-state index is -2.78. The third kappa shape index (κ3) is 4.09. The maximum absolute atomic E-state index is 11.1. The van der Waals surface area contributed by atoms with Crippen LogP contribution in [0, 0.1) is 5.92 Å². The molecule has 0 bridgehead atoms. The smallest absolute Gasteiger partial charge is 0.147 e. The fourth-order valence-electron chi connectivity index (χ4n) is 2.13. The maximum atomic E-state index is 11.1. The fourth-order valence-corrected chi connectivity index (χ4v) is 3.29. The lowest BCUT2D eigenvalue weighted by atomic mass is 9.87. The van der Waals surface area contributed by atoms with E-state index in [0.717, 1.165) is 19.3 Å². The predicted octanol–water partition coefficient (Wildman–Crippen LogP) is 0.809. The highest BCUT2D eigenvalue weighted by Gasteiger charge is 2.23. The third-order valence-electron chi connectivity index (χ3n) is 2.73. The highest BCUT2D eigenvalue weighted by atomic mass is 32.2. The van der Waals surface area contributed by atoms with Gasteiger partial charge in [-0.2, -0.15) is 0 Å². The van der Waals surface area contributed by atoms with Crippen molar-refractivity contribution in [2.75, 3.05) is 19.1 Å². The number of hydrogen-bond donors (Lipinski definition) is 1. The summed E-state index contributed by atoms with van der Waals surface area (Å²) in [5.41, 5.74) is 0. The molecule has 78 valence electrons. The summed E-state index contributed by atoms with van der Waals surface area (Å²) >= 11 is 0. The molecule has 1 rings (SSSR count). The van der Waals surface area contributed by atoms with Crippen molar-refractivity contribution in [3.05, 3.63) is 0 Å². The second kappa shape index (κ2) is 4.42. The van der Waals surface area contributed by atoms with Gasteiger partial charge in [0.25, 0.3) is 0 Å². The minimum absolute atomic E-state index is 0.366. The largest absolute Gasteiger partial charge is 0.317 e. The Kier molecular flexibility index (Phi) is 3.74. The van der Waals surface area contributed by atoms with E-state index in [1.54, 1.807) is 0 Å². The minimum Gasteiger partial charge on any atom is -0.317 e. The number of sulfone groups is 1. The Morgan fingerprint density at radius 2 is 2.08 bits per heavy atom. The maximum Gasteiger partial charge on any atom is 0.147 e. The van der Waals surface area contributed by atoms with Crippen molar-refractivity contribution in [2.24, 2.45) is 5.92 Å². The van der Waals surface area contributed by atoms with Gasteiger partial charge in [-0.15, -0.1) is 0 Å². The molecule has 4 heteroatoms. The summed E-state index contributed by atoms with van der Waals surface area (Å²) in [6.07, 6.45) is 5.77. The van der Waals surface area contributed by atoms with E-state index in [1.165, 1.54) is 12.7 Å². The average molecular weight is 205 g/mol. The predicted molar refractivity (Wildman–Crippen MR) is 54.5 cm³/mol. The first-order valence-corrected chi connectivity index (χ1v) is 6.92. The molecule has 0 spiro atoms. The van der Waals surface area contributed by atoms with Crippen LogP contribution in [0.2, 0.25) is 0 Å². The van der Waals surface area contributed by atoms with Crippen LogP contribution in [-0.4, -0.2) is 33.5 Å². The molecule has 1 fully saturated rings. The second-order valence-corrected chi connectivity index (χ2v) is 6.30. The first-order valence-electron chi connectivity index (χ1n) is 4.86. The van der Waals surface area contributed by atoms with Gasteiger partial charge in [-0.05, 0) is 32.2 Å². The third-order valence-corrected chi connectivity index (χ3v) is 3.81. The Morgan fingerprint density at radius 1 is 1.38 bits per heavy atom. The lowest BCUT2D eigenvalue weighted by Gasteiger charge is -2.28. The van der Waals surface area contributed by atoms with Crippen molar-refractivity contribution in [1.29, 1.82) is 0 Å². The number of hydrogen-bond acceptors (Lipinski definition) is 3. The molecule has 0 aromatic carbocycles. The Hall–Kier alpha value is -0.0900. The summed E-state index contributed by atoms with van der Waals surface area (Å²) in [5.74, 6) is 0.742. The molecule has 0 heterocycles. The van der Waals surface area contributed by atoms with Crippen molar-refractivity contribution in [2.45, 2.75) is 31.7 Å². The van der Waals surface area contributed by atoms with Gasteiger partial charge in [0.1, 0.15) is 9.84 Å². The number of rotatable bonds is 3. The van der Waals surface area contributed by atoms with E-state index in [-0.39, 0.29) is 0 Å². The van der Waals surface area contributed by atoms with Gasteiger partial charge in [-0.25, -0.2) is 8.42 Å². The molecule has 0 aromatic heterocycles. The van der Waals surface area contributed by atoms with E-state index in [1.807, 2.05) is 7.05 Å². The molecule has 0 aromatic rings. The molecular weight excluding hydrogens is 186 g/mol. The summed E-state index contributed by atoms with van der Waals surface area (Å²) in [7, 11) is -0.831. The second-order valence-electron chi connectivity index (χ2n) is 4.11. The molecular formula is C9H19NO2S. The van der Waals surface area contributed by atoms with Crippen LogP contribution in [0.15, 0.2) is 0 Å². The van der Waals surface area contributed by atoms with Crippen LogP contribution in [0.4, 0.5) is 0 Å². The van der Waals surface area contributed by atoms with E-state index in [9.17, 15) is 8.42 Å². The highest BCUT2D eigenvalue weighted by Crippen LogP contribution is 2.25. The van der Waals surface area contributed by atoms with E-state index < -0.39 is 9.84 Å².